The number of hydrogen-bond acceptors (Lipinski definition) is 0. The molecule has 4 aromatic carbocycles. The smallest absolute Gasteiger partial charge is 0.147 e. The quantitative estimate of drug-likeness (QED) is 0.154. The molecule has 0 bridgehead atoms. The summed E-state index contributed by atoms with van der Waals surface area (Å²) in [4.78, 5) is 0. The molecular formula is C60H84Cl2SiZr. The van der Waals surface area contributed by atoms with E-state index in [0.717, 1.165) is 0 Å². The van der Waals surface area contributed by atoms with Gasteiger partial charge in [-0.15, -0.1) is 24.8 Å². The molecule has 0 radical (unpaired) electrons. The van der Waals surface area contributed by atoms with Crippen molar-refractivity contribution < 1.29 is 17.4 Å². The molecule has 2 atom stereocenters. The van der Waals surface area contributed by atoms with E-state index in [1.165, 1.54) is 147 Å². The van der Waals surface area contributed by atoms with Crippen LogP contribution in [0.2, 0.25) is 9.26 Å². The number of benzene rings is 4. The maximum atomic E-state index is 2.94. The Labute approximate surface area is 406 Å². The van der Waals surface area contributed by atoms with Crippen molar-refractivity contribution in [2.24, 2.45) is 10.8 Å². The Kier molecular flexibility index (Phi) is 15.7. The van der Waals surface area contributed by atoms with Gasteiger partial charge in [0.15, 0.2) is 0 Å². The summed E-state index contributed by atoms with van der Waals surface area (Å²) >= 11 is -4.05. The zero-order chi connectivity index (χ0) is 44.2. The van der Waals surface area contributed by atoms with Crippen LogP contribution < -0.4 is 0 Å². The molecule has 0 aliphatic heterocycles. The maximum Gasteiger partial charge on any atom is -0.147 e. The van der Waals surface area contributed by atoms with Gasteiger partial charge < -0.3 is 0 Å². The standard InChI is InChI=1S/2C29H37.2CH3.2ClH.H2Si.Zr/c2*1-28(2,3)27-16-9-8-14-25(27)24-15-12-13-23-19-22(20-26(23)24)21-29(4)17-10-6-5-7-11-18-29;;;;;;/h2*8-9,12-16,19-20H,5-7,10-11,17-18,21H2,1-4H3;2*1H3;2*1H;1H2;. The van der Waals surface area contributed by atoms with Crippen molar-refractivity contribution in [2.45, 2.75) is 185 Å². The molecule has 64 heavy (non-hydrogen) atoms. The second kappa shape index (κ2) is 19.6. The van der Waals surface area contributed by atoms with Crippen molar-refractivity contribution >= 4 is 43.8 Å². The maximum absolute atomic E-state index is 4.05. The Morgan fingerprint density at radius 2 is 0.781 bits per heavy atom. The van der Waals surface area contributed by atoms with E-state index in [-0.39, 0.29) is 35.6 Å². The van der Waals surface area contributed by atoms with Crippen molar-refractivity contribution in [2.75, 3.05) is 0 Å². The first-order valence-electron chi connectivity index (χ1n) is 25.2. The predicted octanol–water partition coefficient (Wildman–Crippen LogP) is 18.7. The molecule has 346 valence electrons. The zero-order valence-corrected chi connectivity index (χ0v) is 47.2. The van der Waals surface area contributed by atoms with Gasteiger partial charge in [0.25, 0.3) is 0 Å². The van der Waals surface area contributed by atoms with Gasteiger partial charge in [0.05, 0.1) is 0 Å². The molecule has 0 saturated heterocycles. The van der Waals surface area contributed by atoms with E-state index < -0.39 is 17.4 Å². The summed E-state index contributed by atoms with van der Waals surface area (Å²) in [6, 6.07) is 33.7. The third-order valence-corrected chi connectivity index (χ3v) is 34.1. The van der Waals surface area contributed by atoms with Crippen molar-refractivity contribution in [3.63, 3.8) is 0 Å². The third kappa shape index (κ3) is 10.4. The van der Waals surface area contributed by atoms with Crippen molar-refractivity contribution in [3.8, 4) is 22.3 Å². The molecule has 4 heteroatoms. The summed E-state index contributed by atoms with van der Waals surface area (Å²) in [7, 11) is 0. The predicted molar refractivity (Wildman–Crippen MR) is 287 cm³/mol. The van der Waals surface area contributed by atoms with Gasteiger partial charge >= 0.3 is 384 Å². The summed E-state index contributed by atoms with van der Waals surface area (Å²) in [6.45, 7) is 22.3. The first-order chi connectivity index (χ1) is 29.3. The second-order valence-electron chi connectivity index (χ2n) is 25.0. The Bertz CT molecular complexity index is 2250. The fraction of sp³-hybridized carbons (Fsp3) is 0.533. The van der Waals surface area contributed by atoms with Crippen LogP contribution in [-0.4, -0.2) is 6.88 Å². The van der Waals surface area contributed by atoms with E-state index in [2.05, 4.69) is 169 Å². The van der Waals surface area contributed by atoms with Crippen LogP contribution in [0.4, 0.5) is 0 Å². The number of allylic oxidation sites excluding steroid dienone is 2. The van der Waals surface area contributed by atoms with Gasteiger partial charge in [-0.2, -0.15) is 0 Å². The SMILES string of the molecule is CC1(CC2=Cc3c(-c4ccccc4C(C)(C)C)cccc3[CH]2[Zr]([CH3])([CH3])(=[SiH2])[CH]2C(CC3(C)CCCCCCC3)=Cc3c(-c4ccccc4C(C)(C)C)cccc32)CCCCCCC1.Cl.Cl. The molecule has 4 aliphatic carbocycles. The van der Waals surface area contributed by atoms with Crippen LogP contribution in [0.5, 0.6) is 0 Å². The molecule has 4 aliphatic rings. The molecule has 0 amide bonds. The van der Waals surface area contributed by atoms with E-state index in [9.17, 15) is 0 Å². The van der Waals surface area contributed by atoms with Crippen LogP contribution in [0.3, 0.4) is 0 Å². The van der Waals surface area contributed by atoms with Crippen molar-refractivity contribution in [1.82, 2.24) is 0 Å². The largest absolute Gasteiger partial charge is 0.147 e. The summed E-state index contributed by atoms with van der Waals surface area (Å²) < 4.78 is 6.88. The number of hydrogen-bond donors (Lipinski definition) is 0. The summed E-state index contributed by atoms with van der Waals surface area (Å²) in [5.41, 5.74) is 19.5. The van der Waals surface area contributed by atoms with Crippen LogP contribution in [0.25, 0.3) is 34.4 Å². The molecule has 2 unspecified atom stereocenters. The van der Waals surface area contributed by atoms with Gasteiger partial charge in [-0.25, -0.2) is 0 Å². The van der Waals surface area contributed by atoms with Gasteiger partial charge in [0, 0.05) is 0 Å². The molecular weight excluding hydrogens is 911 g/mol. The van der Waals surface area contributed by atoms with Gasteiger partial charge in [0.2, 0.25) is 0 Å². The minimum atomic E-state index is -4.05. The fourth-order valence-corrected chi connectivity index (χ4v) is 33.4. The molecule has 8 rings (SSSR count). The minimum Gasteiger partial charge on any atom is -0.147 e. The average Bonchev–Trinajstić information content (AvgIpc) is 3.76. The normalized spacial score (nSPS) is 21.4. The van der Waals surface area contributed by atoms with Crippen LogP contribution >= 0.6 is 24.8 Å². The number of rotatable bonds is 8. The summed E-state index contributed by atoms with van der Waals surface area (Å²) in [5, 5.41) is 0. The zero-order valence-electron chi connectivity index (χ0n) is 41.7. The Morgan fingerprint density at radius 1 is 0.469 bits per heavy atom. The van der Waals surface area contributed by atoms with Crippen LogP contribution in [0.1, 0.15) is 199 Å². The van der Waals surface area contributed by atoms with E-state index in [0.29, 0.717) is 18.1 Å². The van der Waals surface area contributed by atoms with Gasteiger partial charge in [-0.05, 0) is 0 Å². The van der Waals surface area contributed by atoms with E-state index in [4.69, 9.17) is 0 Å². The van der Waals surface area contributed by atoms with Gasteiger partial charge in [-0.3, -0.25) is 0 Å². The van der Waals surface area contributed by atoms with Gasteiger partial charge in [0.1, 0.15) is 0 Å². The molecule has 0 aromatic heterocycles. The molecule has 2 fully saturated rings. The molecule has 0 N–H and O–H groups in total. The molecule has 0 spiro atoms. The van der Waals surface area contributed by atoms with Crippen LogP contribution in [0.15, 0.2) is 96.1 Å². The van der Waals surface area contributed by atoms with Gasteiger partial charge in [-0.1, -0.05) is 0 Å². The topological polar surface area (TPSA) is 0 Å². The average molecular weight is 996 g/mol. The van der Waals surface area contributed by atoms with E-state index in [1.807, 2.05) is 0 Å². The Hall–Kier alpha value is -1.96. The molecule has 0 heterocycles. The molecule has 2 saturated carbocycles. The second-order valence-corrected chi connectivity index (χ2v) is 55.4. The minimum absolute atomic E-state index is 0. The number of fused-ring (bicyclic) bond motifs is 2. The summed E-state index contributed by atoms with van der Waals surface area (Å²) in [5.74, 6) is 0. The van der Waals surface area contributed by atoms with Crippen molar-refractivity contribution in [1.29, 1.82) is 0 Å². The fourth-order valence-electron chi connectivity index (χ4n) is 13.7. The van der Waals surface area contributed by atoms with E-state index in [1.54, 1.807) is 22.3 Å². The Balaban J connectivity index is 0.00000340. The van der Waals surface area contributed by atoms with Crippen LogP contribution in [-0.2, 0) is 28.2 Å². The van der Waals surface area contributed by atoms with E-state index >= 15 is 0 Å². The van der Waals surface area contributed by atoms with Crippen LogP contribution in [0, 0.1) is 10.8 Å². The monoisotopic (exact) mass is 992 g/mol. The first kappa shape index (κ1) is 51.4. The molecule has 4 aromatic rings. The first-order valence-corrected chi connectivity index (χ1v) is 38.9. The third-order valence-electron chi connectivity index (χ3n) is 16.6. The van der Waals surface area contributed by atoms with Crippen molar-refractivity contribution in [3.05, 3.63) is 129 Å². The number of halogens is 2. The molecule has 0 nitrogen and oxygen atoms in total. The Morgan fingerprint density at radius 3 is 1.12 bits per heavy atom. The summed E-state index contributed by atoms with van der Waals surface area (Å²) in [6.07, 6.45) is 27.5.